The molecule has 2 N–H and O–H groups in total. The van der Waals surface area contributed by atoms with Crippen LogP contribution in [-0.4, -0.2) is 17.3 Å². The van der Waals surface area contributed by atoms with Crippen LogP contribution in [-0.2, 0) is 4.74 Å². The Balaban J connectivity index is 2.70. The van der Waals surface area contributed by atoms with Crippen LogP contribution >= 0.6 is 0 Å². The molecule has 0 radical (unpaired) electrons. The number of rotatable bonds is 6. The minimum atomic E-state index is -0.161. The van der Waals surface area contributed by atoms with Gasteiger partial charge in [0.1, 0.15) is 6.10 Å². The van der Waals surface area contributed by atoms with E-state index in [2.05, 4.69) is 17.1 Å². The highest BCUT2D eigenvalue weighted by Crippen LogP contribution is 2.20. The number of aromatic nitrogens is 2. The molecule has 2 unspecified atom stereocenters. The Morgan fingerprint density at radius 2 is 2.20 bits per heavy atom. The summed E-state index contributed by atoms with van der Waals surface area (Å²) in [4.78, 5) is 4.24. The maximum absolute atomic E-state index is 5.86. The van der Waals surface area contributed by atoms with Gasteiger partial charge in [0.15, 0.2) is 0 Å². The maximum Gasteiger partial charge on any atom is 0.243 e. The molecule has 15 heavy (non-hydrogen) atoms. The maximum atomic E-state index is 5.86. The molecule has 86 valence electrons. The lowest BCUT2D eigenvalue weighted by molar-refractivity contribution is 0.0903. The van der Waals surface area contributed by atoms with Crippen molar-refractivity contribution in [3.8, 4) is 0 Å². The molecule has 0 aromatic carbocycles. The molecule has 0 saturated heterocycles. The average Bonchev–Trinajstić information content (AvgIpc) is 2.69. The topological polar surface area (TPSA) is 74.2 Å². The lowest BCUT2D eigenvalue weighted by Crippen LogP contribution is -2.10. The van der Waals surface area contributed by atoms with Gasteiger partial charge in [-0.1, -0.05) is 25.4 Å². The van der Waals surface area contributed by atoms with Crippen molar-refractivity contribution in [2.75, 3.05) is 7.11 Å². The largest absolute Gasteiger partial charge is 0.373 e. The predicted molar refractivity (Wildman–Crippen MR) is 56.2 cm³/mol. The summed E-state index contributed by atoms with van der Waals surface area (Å²) in [7, 11) is 1.64. The molecule has 0 aliphatic heterocycles. The second kappa shape index (κ2) is 5.82. The van der Waals surface area contributed by atoms with Crippen molar-refractivity contribution < 1.29 is 9.26 Å². The molecule has 0 spiro atoms. The molecule has 0 amide bonds. The van der Waals surface area contributed by atoms with Crippen LogP contribution in [0.1, 0.15) is 57.0 Å². The summed E-state index contributed by atoms with van der Waals surface area (Å²) in [5.74, 6) is 1.09. The number of ether oxygens (including phenoxy) is 1. The van der Waals surface area contributed by atoms with Gasteiger partial charge in [-0.25, -0.2) is 0 Å². The highest BCUT2D eigenvalue weighted by Gasteiger charge is 2.18. The zero-order valence-corrected chi connectivity index (χ0v) is 9.56. The Morgan fingerprint density at radius 1 is 1.47 bits per heavy atom. The van der Waals surface area contributed by atoms with Crippen LogP contribution in [0.4, 0.5) is 0 Å². The minimum absolute atomic E-state index is 0.101. The second-order valence-electron chi connectivity index (χ2n) is 3.52. The summed E-state index contributed by atoms with van der Waals surface area (Å²) in [5, 5.41) is 3.87. The van der Waals surface area contributed by atoms with E-state index in [4.69, 9.17) is 15.0 Å². The van der Waals surface area contributed by atoms with Gasteiger partial charge in [0.05, 0.1) is 6.04 Å². The van der Waals surface area contributed by atoms with Crippen LogP contribution in [0.15, 0.2) is 4.52 Å². The Morgan fingerprint density at radius 3 is 2.73 bits per heavy atom. The molecule has 0 fully saturated rings. The van der Waals surface area contributed by atoms with Gasteiger partial charge in [0, 0.05) is 7.11 Å². The summed E-state index contributed by atoms with van der Waals surface area (Å²) in [6, 6.07) is -0.161. The van der Waals surface area contributed by atoms with Crippen molar-refractivity contribution in [2.45, 2.75) is 45.3 Å². The first-order valence-electron chi connectivity index (χ1n) is 5.34. The number of nitrogens with zero attached hydrogens (tertiary/aromatic N) is 2. The standard InChI is InChI=1S/C10H19N3O2/c1-4-6-7(11)10-12-9(13-15-10)8(5-2)14-3/h7-8H,4-6,11H2,1-3H3. The van der Waals surface area contributed by atoms with Gasteiger partial charge in [-0.05, 0) is 12.8 Å². The smallest absolute Gasteiger partial charge is 0.243 e. The van der Waals surface area contributed by atoms with Crippen LogP contribution in [0.2, 0.25) is 0 Å². The Kier molecular flexibility index (Phi) is 4.71. The van der Waals surface area contributed by atoms with E-state index in [0.717, 1.165) is 19.3 Å². The SMILES string of the molecule is CCCC(N)c1nc(C(CC)OC)no1. The number of methoxy groups -OCH3 is 1. The fourth-order valence-electron chi connectivity index (χ4n) is 1.42. The summed E-state index contributed by atoms with van der Waals surface area (Å²) in [6.45, 7) is 4.08. The zero-order chi connectivity index (χ0) is 11.3. The van der Waals surface area contributed by atoms with Crippen LogP contribution < -0.4 is 5.73 Å². The van der Waals surface area contributed by atoms with Gasteiger partial charge in [0.25, 0.3) is 0 Å². The van der Waals surface area contributed by atoms with Crippen LogP contribution in [0, 0.1) is 0 Å². The summed E-state index contributed by atoms with van der Waals surface area (Å²) < 4.78 is 10.3. The van der Waals surface area contributed by atoms with E-state index >= 15 is 0 Å². The highest BCUT2D eigenvalue weighted by molar-refractivity contribution is 4.94. The number of hydrogen-bond donors (Lipinski definition) is 1. The Labute approximate surface area is 90.0 Å². The first-order valence-corrected chi connectivity index (χ1v) is 5.34. The van der Waals surface area contributed by atoms with Gasteiger partial charge >= 0.3 is 0 Å². The molecule has 0 bridgehead atoms. The summed E-state index contributed by atoms with van der Waals surface area (Å²) in [5.41, 5.74) is 5.86. The zero-order valence-electron chi connectivity index (χ0n) is 9.56. The van der Waals surface area contributed by atoms with Gasteiger partial charge in [-0.15, -0.1) is 0 Å². The molecule has 1 aromatic heterocycles. The molecular formula is C10H19N3O2. The third-order valence-electron chi connectivity index (χ3n) is 2.32. The number of nitrogens with two attached hydrogens (primary N) is 1. The van der Waals surface area contributed by atoms with Crippen molar-refractivity contribution >= 4 is 0 Å². The molecule has 5 heteroatoms. The summed E-state index contributed by atoms with van der Waals surface area (Å²) in [6.07, 6.45) is 2.57. The van der Waals surface area contributed by atoms with E-state index in [1.165, 1.54) is 0 Å². The van der Waals surface area contributed by atoms with Gasteiger partial charge in [0.2, 0.25) is 11.7 Å². The monoisotopic (exact) mass is 213 g/mol. The fourth-order valence-corrected chi connectivity index (χ4v) is 1.42. The first kappa shape index (κ1) is 12.1. The molecule has 0 aliphatic rings. The molecule has 0 aliphatic carbocycles. The quantitative estimate of drug-likeness (QED) is 0.782. The van der Waals surface area contributed by atoms with Gasteiger partial charge < -0.3 is 15.0 Å². The van der Waals surface area contributed by atoms with Crippen LogP contribution in [0.25, 0.3) is 0 Å². The molecular weight excluding hydrogens is 194 g/mol. The second-order valence-corrected chi connectivity index (χ2v) is 3.52. The molecule has 1 rings (SSSR count). The third-order valence-corrected chi connectivity index (χ3v) is 2.32. The average molecular weight is 213 g/mol. The van der Waals surface area contributed by atoms with Crippen LogP contribution in [0.5, 0.6) is 0 Å². The lowest BCUT2D eigenvalue weighted by atomic mass is 10.2. The van der Waals surface area contributed by atoms with Gasteiger partial charge in [-0.2, -0.15) is 4.98 Å². The van der Waals surface area contributed by atoms with Crippen molar-refractivity contribution in [3.63, 3.8) is 0 Å². The van der Waals surface area contributed by atoms with E-state index in [0.29, 0.717) is 11.7 Å². The number of hydrogen-bond acceptors (Lipinski definition) is 5. The Bertz CT molecular complexity index is 284. The van der Waals surface area contributed by atoms with Gasteiger partial charge in [-0.3, -0.25) is 0 Å². The highest BCUT2D eigenvalue weighted by atomic mass is 16.5. The van der Waals surface area contributed by atoms with E-state index in [1.807, 2.05) is 6.92 Å². The van der Waals surface area contributed by atoms with Crippen molar-refractivity contribution in [1.82, 2.24) is 10.1 Å². The molecule has 1 aromatic rings. The molecule has 1 heterocycles. The Hall–Kier alpha value is -0.940. The molecule has 5 nitrogen and oxygen atoms in total. The van der Waals surface area contributed by atoms with Crippen LogP contribution in [0.3, 0.4) is 0 Å². The summed E-state index contributed by atoms with van der Waals surface area (Å²) >= 11 is 0. The van der Waals surface area contributed by atoms with Crippen molar-refractivity contribution in [3.05, 3.63) is 11.7 Å². The minimum Gasteiger partial charge on any atom is -0.373 e. The van der Waals surface area contributed by atoms with Crippen molar-refractivity contribution in [2.24, 2.45) is 5.73 Å². The lowest BCUT2D eigenvalue weighted by Gasteiger charge is -2.06. The predicted octanol–water partition coefficient (Wildman–Crippen LogP) is 1.97. The fraction of sp³-hybridized carbons (Fsp3) is 0.800. The van der Waals surface area contributed by atoms with E-state index in [9.17, 15) is 0 Å². The van der Waals surface area contributed by atoms with Crippen molar-refractivity contribution in [1.29, 1.82) is 0 Å². The van der Waals surface area contributed by atoms with E-state index in [-0.39, 0.29) is 12.1 Å². The normalized spacial score (nSPS) is 15.2. The van der Waals surface area contributed by atoms with E-state index in [1.54, 1.807) is 7.11 Å². The third kappa shape index (κ3) is 3.00. The van der Waals surface area contributed by atoms with E-state index < -0.39 is 0 Å². The molecule has 2 atom stereocenters. The first-order chi connectivity index (χ1) is 7.22. The molecule has 0 saturated carbocycles.